The van der Waals surface area contributed by atoms with E-state index >= 15 is 0 Å². The van der Waals surface area contributed by atoms with Crippen LogP contribution >= 0.6 is 23.2 Å². The first-order valence-corrected chi connectivity index (χ1v) is 4.67. The molecule has 1 unspecified atom stereocenters. The van der Waals surface area contributed by atoms with Crippen molar-refractivity contribution in [3.8, 4) is 0 Å². The first-order chi connectivity index (χ1) is 6.68. The summed E-state index contributed by atoms with van der Waals surface area (Å²) in [6.07, 6.45) is 2.05. The third-order valence-electron chi connectivity index (χ3n) is 1.89. The van der Waals surface area contributed by atoms with Crippen LogP contribution in [-0.2, 0) is 4.74 Å². The molecule has 1 aliphatic heterocycles. The average molecular weight is 233 g/mol. The molecule has 0 aliphatic carbocycles. The average Bonchev–Trinajstić information content (AvgIpc) is 2.51. The van der Waals surface area contributed by atoms with Crippen LogP contribution in [0.1, 0.15) is 11.7 Å². The number of cyclic esters (lactones) is 1. The third-order valence-corrected chi connectivity index (χ3v) is 2.50. The predicted octanol–water partition coefficient (Wildman–Crippen LogP) is 2.17. The molecule has 6 heteroatoms. The van der Waals surface area contributed by atoms with Crippen molar-refractivity contribution in [2.45, 2.75) is 6.10 Å². The summed E-state index contributed by atoms with van der Waals surface area (Å²) in [5.74, 6) is 0. The maximum atomic E-state index is 10.8. The first-order valence-electron chi connectivity index (χ1n) is 3.92. The largest absolute Gasteiger partial charge is 0.439 e. The lowest BCUT2D eigenvalue weighted by Crippen LogP contribution is -2.12. The summed E-state index contributed by atoms with van der Waals surface area (Å²) in [6.45, 7) is 0.377. The molecule has 0 radical (unpaired) electrons. The van der Waals surface area contributed by atoms with Crippen molar-refractivity contribution < 1.29 is 9.53 Å². The highest BCUT2D eigenvalue weighted by Gasteiger charge is 2.28. The molecule has 74 valence electrons. The summed E-state index contributed by atoms with van der Waals surface area (Å²) >= 11 is 11.8. The molecule has 0 bridgehead atoms. The van der Waals surface area contributed by atoms with Gasteiger partial charge in [0, 0.05) is 18.0 Å². The van der Waals surface area contributed by atoms with Crippen molar-refractivity contribution >= 4 is 29.3 Å². The van der Waals surface area contributed by atoms with Crippen LogP contribution in [0.4, 0.5) is 4.79 Å². The fraction of sp³-hybridized carbons (Fsp3) is 0.250. The van der Waals surface area contributed by atoms with Gasteiger partial charge in [-0.2, -0.15) is 0 Å². The van der Waals surface area contributed by atoms with Crippen molar-refractivity contribution in [2.24, 2.45) is 0 Å². The zero-order valence-corrected chi connectivity index (χ0v) is 8.47. The second-order valence-electron chi connectivity index (χ2n) is 2.79. The van der Waals surface area contributed by atoms with Crippen LogP contribution in [0.15, 0.2) is 12.4 Å². The molecule has 4 nitrogen and oxygen atoms in total. The monoisotopic (exact) mass is 232 g/mol. The topological polar surface area (TPSA) is 51.2 Å². The lowest BCUT2D eigenvalue weighted by Gasteiger charge is -2.10. The van der Waals surface area contributed by atoms with Crippen molar-refractivity contribution in [3.63, 3.8) is 0 Å². The van der Waals surface area contributed by atoms with Gasteiger partial charge in [-0.25, -0.2) is 4.79 Å². The van der Waals surface area contributed by atoms with Crippen molar-refractivity contribution in [2.75, 3.05) is 6.54 Å². The zero-order valence-electron chi connectivity index (χ0n) is 6.96. The van der Waals surface area contributed by atoms with E-state index in [-0.39, 0.29) is 0 Å². The van der Waals surface area contributed by atoms with Gasteiger partial charge in [0.2, 0.25) is 0 Å². The van der Waals surface area contributed by atoms with Crippen LogP contribution < -0.4 is 5.32 Å². The summed E-state index contributed by atoms with van der Waals surface area (Å²) in [6, 6.07) is 0. The number of nitrogens with zero attached hydrogens (tertiary/aromatic N) is 1. The van der Waals surface area contributed by atoms with E-state index in [9.17, 15) is 4.79 Å². The van der Waals surface area contributed by atoms with Crippen molar-refractivity contribution in [1.29, 1.82) is 0 Å². The fourth-order valence-electron chi connectivity index (χ4n) is 1.28. The first kappa shape index (κ1) is 9.55. The Balaban J connectivity index is 2.36. The highest BCUT2D eigenvalue weighted by Crippen LogP contribution is 2.32. The van der Waals surface area contributed by atoms with Crippen LogP contribution in [-0.4, -0.2) is 17.6 Å². The number of pyridine rings is 1. The van der Waals surface area contributed by atoms with E-state index in [4.69, 9.17) is 27.9 Å². The van der Waals surface area contributed by atoms with Crippen LogP contribution in [0.25, 0.3) is 0 Å². The normalized spacial score (nSPS) is 20.4. The number of carbonyl (C=O) groups excluding carboxylic acids is 1. The second-order valence-corrected chi connectivity index (χ2v) is 3.61. The standard InChI is InChI=1S/C8H6Cl2N2O2/c9-4-1-11-2-5(10)7(4)6-3-12-8(13)14-6/h1-2,6H,3H2,(H,12,13). The smallest absolute Gasteiger partial charge is 0.407 e. The Labute approximate surface area is 90.2 Å². The van der Waals surface area contributed by atoms with E-state index in [0.29, 0.717) is 22.2 Å². The van der Waals surface area contributed by atoms with Crippen molar-refractivity contribution in [3.05, 3.63) is 28.0 Å². The molecule has 0 saturated carbocycles. The molecule has 1 amide bonds. The van der Waals surface area contributed by atoms with Gasteiger partial charge < -0.3 is 10.1 Å². The van der Waals surface area contributed by atoms with Gasteiger partial charge in [0.05, 0.1) is 16.6 Å². The van der Waals surface area contributed by atoms with Crippen LogP contribution in [0, 0.1) is 0 Å². The van der Waals surface area contributed by atoms with Crippen LogP contribution in [0.3, 0.4) is 0 Å². The van der Waals surface area contributed by atoms with Crippen molar-refractivity contribution in [1.82, 2.24) is 10.3 Å². The number of nitrogens with one attached hydrogen (secondary N) is 1. The maximum Gasteiger partial charge on any atom is 0.407 e. The van der Waals surface area contributed by atoms with Gasteiger partial charge >= 0.3 is 6.09 Å². The van der Waals surface area contributed by atoms with E-state index < -0.39 is 12.2 Å². The van der Waals surface area contributed by atoms with E-state index in [1.807, 2.05) is 0 Å². The molecule has 1 fully saturated rings. The number of hydrogen-bond donors (Lipinski definition) is 1. The van der Waals surface area contributed by atoms with Gasteiger partial charge in [0.1, 0.15) is 6.10 Å². The summed E-state index contributed by atoms with van der Waals surface area (Å²) in [5, 5.41) is 3.33. The minimum absolute atomic E-state index is 0.377. The van der Waals surface area contributed by atoms with Gasteiger partial charge in [0.15, 0.2) is 0 Å². The minimum atomic E-state index is -0.459. The Bertz CT molecular complexity index is 363. The summed E-state index contributed by atoms with van der Waals surface area (Å²) < 4.78 is 4.96. The molecule has 1 aromatic rings. The number of hydrogen-bond acceptors (Lipinski definition) is 3. The lowest BCUT2D eigenvalue weighted by atomic mass is 10.1. The molecule has 2 rings (SSSR count). The fourth-order valence-corrected chi connectivity index (χ4v) is 1.89. The highest BCUT2D eigenvalue weighted by atomic mass is 35.5. The molecule has 1 aromatic heterocycles. The SMILES string of the molecule is O=C1NCC(c2c(Cl)cncc2Cl)O1. The van der Waals surface area contributed by atoms with E-state index in [0.717, 1.165) is 0 Å². The number of aromatic nitrogens is 1. The van der Waals surface area contributed by atoms with Gasteiger partial charge in [-0.1, -0.05) is 23.2 Å². The number of rotatable bonds is 1. The second kappa shape index (κ2) is 3.63. The highest BCUT2D eigenvalue weighted by molar-refractivity contribution is 6.35. The summed E-state index contributed by atoms with van der Waals surface area (Å²) in [7, 11) is 0. The summed E-state index contributed by atoms with van der Waals surface area (Å²) in [4.78, 5) is 14.6. The molecule has 0 aromatic carbocycles. The minimum Gasteiger partial charge on any atom is -0.439 e. The number of alkyl carbamates (subject to hydrolysis) is 1. The molecular formula is C8H6Cl2N2O2. The Hall–Kier alpha value is -1.00. The van der Waals surface area contributed by atoms with Gasteiger partial charge in [-0.05, 0) is 0 Å². The maximum absolute atomic E-state index is 10.8. The Morgan fingerprint density at radius 1 is 1.43 bits per heavy atom. The number of carbonyl (C=O) groups is 1. The molecule has 1 saturated heterocycles. The number of amides is 1. The number of halogens is 2. The van der Waals surface area contributed by atoms with E-state index in [1.165, 1.54) is 12.4 Å². The Kier molecular flexibility index (Phi) is 2.48. The Morgan fingerprint density at radius 3 is 2.57 bits per heavy atom. The van der Waals surface area contributed by atoms with E-state index in [2.05, 4.69) is 10.3 Å². The van der Waals surface area contributed by atoms with Crippen LogP contribution in [0.2, 0.25) is 10.0 Å². The lowest BCUT2D eigenvalue weighted by molar-refractivity contribution is 0.141. The third kappa shape index (κ3) is 1.63. The van der Waals surface area contributed by atoms with E-state index in [1.54, 1.807) is 0 Å². The molecule has 1 aliphatic rings. The Morgan fingerprint density at radius 2 is 2.07 bits per heavy atom. The summed E-state index contributed by atoms with van der Waals surface area (Å²) in [5.41, 5.74) is 0.599. The predicted molar refractivity (Wildman–Crippen MR) is 51.5 cm³/mol. The quantitative estimate of drug-likeness (QED) is 0.808. The molecule has 0 spiro atoms. The number of ether oxygens (including phenoxy) is 1. The molecule has 1 N–H and O–H groups in total. The van der Waals surface area contributed by atoms with Gasteiger partial charge in [-0.15, -0.1) is 0 Å². The van der Waals surface area contributed by atoms with Gasteiger partial charge in [0.25, 0.3) is 0 Å². The zero-order chi connectivity index (χ0) is 10.1. The molecule has 1 atom stereocenters. The van der Waals surface area contributed by atoms with Gasteiger partial charge in [-0.3, -0.25) is 4.98 Å². The molecule has 14 heavy (non-hydrogen) atoms. The van der Waals surface area contributed by atoms with Crippen LogP contribution in [0.5, 0.6) is 0 Å². The molecular weight excluding hydrogens is 227 g/mol. The molecule has 2 heterocycles.